The van der Waals surface area contributed by atoms with Crippen molar-refractivity contribution >= 4 is 18.4 Å². The molecule has 0 saturated heterocycles. The molecule has 0 unspecified atom stereocenters. The van der Waals surface area contributed by atoms with Crippen LogP contribution in [-0.4, -0.2) is 25.7 Å². The van der Waals surface area contributed by atoms with Gasteiger partial charge in [-0.15, -0.1) is 12.4 Å². The summed E-state index contributed by atoms with van der Waals surface area (Å²) >= 11 is 0. The summed E-state index contributed by atoms with van der Waals surface area (Å²) in [6.07, 6.45) is 1.04. The van der Waals surface area contributed by atoms with Crippen LogP contribution in [0.1, 0.15) is 20.3 Å². The molecular formula is C7H16ClNO2. The molecule has 0 saturated carbocycles. The van der Waals surface area contributed by atoms with Gasteiger partial charge < -0.3 is 10.1 Å². The summed E-state index contributed by atoms with van der Waals surface area (Å²) in [5.74, 6) is -0.170. The molecule has 0 rings (SSSR count). The maximum atomic E-state index is 10.6. The Morgan fingerprint density at radius 3 is 2.55 bits per heavy atom. The molecule has 0 aliphatic heterocycles. The maximum absolute atomic E-state index is 10.6. The number of hydrogen-bond donors (Lipinski definition) is 1. The summed E-state index contributed by atoms with van der Waals surface area (Å²) in [6.45, 7) is 5.53. The molecule has 0 radical (unpaired) electrons. The van der Waals surface area contributed by atoms with Crippen molar-refractivity contribution in [3.63, 3.8) is 0 Å². The Hall–Kier alpha value is -0.280. The molecule has 68 valence electrons. The van der Waals surface area contributed by atoms with Gasteiger partial charge in [0.2, 0.25) is 0 Å². The van der Waals surface area contributed by atoms with E-state index in [0.29, 0.717) is 13.2 Å². The van der Waals surface area contributed by atoms with E-state index in [1.54, 1.807) is 6.92 Å². The van der Waals surface area contributed by atoms with E-state index >= 15 is 0 Å². The summed E-state index contributed by atoms with van der Waals surface area (Å²) in [5.41, 5.74) is 0. The van der Waals surface area contributed by atoms with Gasteiger partial charge in [-0.25, -0.2) is 0 Å². The van der Waals surface area contributed by atoms with Crippen molar-refractivity contribution in [3.05, 3.63) is 0 Å². The predicted octanol–water partition coefficient (Wildman–Crippen LogP) is 0.971. The van der Waals surface area contributed by atoms with E-state index in [0.717, 1.165) is 13.0 Å². The van der Waals surface area contributed by atoms with E-state index < -0.39 is 0 Å². The minimum atomic E-state index is -0.170. The first-order valence-corrected chi connectivity index (χ1v) is 3.67. The zero-order valence-electron chi connectivity index (χ0n) is 7.05. The Labute approximate surface area is 73.9 Å². The van der Waals surface area contributed by atoms with E-state index in [-0.39, 0.29) is 18.4 Å². The van der Waals surface area contributed by atoms with Gasteiger partial charge in [0.25, 0.3) is 0 Å². The molecule has 4 heteroatoms. The average Bonchev–Trinajstić information content (AvgIpc) is 1.89. The smallest absolute Gasteiger partial charge is 0.319 e. The monoisotopic (exact) mass is 181 g/mol. The van der Waals surface area contributed by atoms with Crippen molar-refractivity contribution in [3.8, 4) is 0 Å². The van der Waals surface area contributed by atoms with Gasteiger partial charge in [-0.2, -0.15) is 0 Å². The van der Waals surface area contributed by atoms with E-state index in [9.17, 15) is 4.79 Å². The van der Waals surface area contributed by atoms with Gasteiger partial charge in [0.05, 0.1) is 13.2 Å². The van der Waals surface area contributed by atoms with Crippen LogP contribution >= 0.6 is 12.4 Å². The molecule has 0 aliphatic rings. The van der Waals surface area contributed by atoms with E-state index in [1.165, 1.54) is 0 Å². The number of nitrogens with one attached hydrogen (secondary N) is 1. The maximum Gasteiger partial charge on any atom is 0.319 e. The normalized spacial score (nSPS) is 8.55. The van der Waals surface area contributed by atoms with Crippen LogP contribution in [0.4, 0.5) is 0 Å². The molecule has 3 nitrogen and oxygen atoms in total. The highest BCUT2D eigenvalue weighted by Crippen LogP contribution is 1.75. The van der Waals surface area contributed by atoms with Crippen molar-refractivity contribution < 1.29 is 9.53 Å². The number of hydrogen-bond acceptors (Lipinski definition) is 3. The number of ether oxygens (including phenoxy) is 1. The van der Waals surface area contributed by atoms with Crippen LogP contribution in [-0.2, 0) is 9.53 Å². The lowest BCUT2D eigenvalue weighted by Crippen LogP contribution is -2.25. The highest BCUT2D eigenvalue weighted by atomic mass is 35.5. The Balaban J connectivity index is 0. The van der Waals surface area contributed by atoms with Crippen LogP contribution < -0.4 is 5.32 Å². The van der Waals surface area contributed by atoms with Crippen LogP contribution in [0.2, 0.25) is 0 Å². The number of rotatable bonds is 5. The quantitative estimate of drug-likeness (QED) is 0.508. The van der Waals surface area contributed by atoms with Gasteiger partial charge in [0.15, 0.2) is 0 Å². The molecule has 0 aromatic rings. The van der Waals surface area contributed by atoms with E-state index in [2.05, 4.69) is 17.0 Å². The lowest BCUT2D eigenvalue weighted by atomic mass is 10.5. The minimum absolute atomic E-state index is 0. The standard InChI is InChI=1S/C7H15NO2.ClH/c1-3-5-8-6-7(9)10-4-2;/h8H,3-6H2,1-2H3;1H. The minimum Gasteiger partial charge on any atom is -0.465 e. The second kappa shape index (κ2) is 9.72. The first kappa shape index (κ1) is 13.3. The third kappa shape index (κ3) is 9.72. The fourth-order valence-corrected chi connectivity index (χ4v) is 0.579. The molecule has 0 fully saturated rings. The highest BCUT2D eigenvalue weighted by molar-refractivity contribution is 5.85. The summed E-state index contributed by atoms with van der Waals surface area (Å²) in [7, 11) is 0. The average molecular weight is 182 g/mol. The summed E-state index contributed by atoms with van der Waals surface area (Å²) in [4.78, 5) is 10.6. The Morgan fingerprint density at radius 2 is 2.09 bits per heavy atom. The molecular weight excluding hydrogens is 166 g/mol. The molecule has 0 spiro atoms. The van der Waals surface area contributed by atoms with Gasteiger partial charge in [-0.05, 0) is 19.9 Å². The molecule has 0 amide bonds. The molecule has 0 heterocycles. The van der Waals surface area contributed by atoms with Gasteiger partial charge >= 0.3 is 5.97 Å². The zero-order chi connectivity index (χ0) is 7.82. The molecule has 1 N–H and O–H groups in total. The summed E-state index contributed by atoms with van der Waals surface area (Å²) < 4.78 is 4.69. The predicted molar refractivity (Wildman–Crippen MR) is 47.0 cm³/mol. The third-order valence-electron chi connectivity index (χ3n) is 1.00. The zero-order valence-corrected chi connectivity index (χ0v) is 7.87. The summed E-state index contributed by atoms with van der Waals surface area (Å²) in [6, 6.07) is 0. The second-order valence-electron chi connectivity index (χ2n) is 1.98. The molecule has 0 aromatic carbocycles. The first-order valence-electron chi connectivity index (χ1n) is 3.67. The van der Waals surface area contributed by atoms with Gasteiger partial charge in [-0.3, -0.25) is 4.79 Å². The van der Waals surface area contributed by atoms with Crippen molar-refractivity contribution in [2.75, 3.05) is 19.7 Å². The molecule has 11 heavy (non-hydrogen) atoms. The molecule has 0 aliphatic carbocycles. The van der Waals surface area contributed by atoms with Crippen LogP contribution in [0.3, 0.4) is 0 Å². The fraction of sp³-hybridized carbons (Fsp3) is 0.857. The van der Waals surface area contributed by atoms with Crippen molar-refractivity contribution in [2.24, 2.45) is 0 Å². The van der Waals surface area contributed by atoms with E-state index in [1.807, 2.05) is 0 Å². The first-order chi connectivity index (χ1) is 4.81. The molecule has 0 aromatic heterocycles. The van der Waals surface area contributed by atoms with Gasteiger partial charge in [0, 0.05) is 0 Å². The number of carbonyl (C=O) groups is 1. The third-order valence-corrected chi connectivity index (χ3v) is 1.00. The van der Waals surface area contributed by atoms with Crippen LogP contribution in [0.25, 0.3) is 0 Å². The summed E-state index contributed by atoms with van der Waals surface area (Å²) in [5, 5.41) is 2.95. The van der Waals surface area contributed by atoms with Crippen molar-refractivity contribution in [1.29, 1.82) is 0 Å². The number of carbonyl (C=O) groups excluding carboxylic acids is 1. The molecule has 0 bridgehead atoms. The lowest BCUT2D eigenvalue weighted by Gasteiger charge is -2.01. The number of halogens is 1. The lowest BCUT2D eigenvalue weighted by molar-refractivity contribution is -0.141. The van der Waals surface area contributed by atoms with E-state index in [4.69, 9.17) is 0 Å². The highest BCUT2D eigenvalue weighted by Gasteiger charge is 1.97. The SMILES string of the molecule is CCCNCC(=O)OCC.Cl. The van der Waals surface area contributed by atoms with Gasteiger partial charge in [0.1, 0.15) is 0 Å². The van der Waals surface area contributed by atoms with Crippen LogP contribution in [0, 0.1) is 0 Å². The van der Waals surface area contributed by atoms with Crippen LogP contribution in [0.15, 0.2) is 0 Å². The Bertz CT molecular complexity index is 98.4. The fourth-order valence-electron chi connectivity index (χ4n) is 0.579. The molecule has 0 atom stereocenters. The second-order valence-corrected chi connectivity index (χ2v) is 1.98. The van der Waals surface area contributed by atoms with Crippen LogP contribution in [0.5, 0.6) is 0 Å². The Kier molecular flexibility index (Phi) is 11.8. The van der Waals surface area contributed by atoms with Crippen molar-refractivity contribution in [2.45, 2.75) is 20.3 Å². The largest absolute Gasteiger partial charge is 0.465 e. The van der Waals surface area contributed by atoms with Crippen molar-refractivity contribution in [1.82, 2.24) is 5.32 Å². The number of esters is 1. The Morgan fingerprint density at radius 1 is 1.45 bits per heavy atom. The topological polar surface area (TPSA) is 38.3 Å². The van der Waals surface area contributed by atoms with Gasteiger partial charge in [-0.1, -0.05) is 6.92 Å².